The number of anilines is 2. The molecule has 0 aliphatic carbocycles. The summed E-state index contributed by atoms with van der Waals surface area (Å²) >= 11 is 0. The Labute approximate surface area is 200 Å². The number of nitrogens with zero attached hydrogens (tertiary/aromatic N) is 5. The second-order valence-corrected chi connectivity index (χ2v) is 7.59. The Morgan fingerprint density at radius 1 is 1.08 bits per heavy atom. The molecule has 1 N–H and O–H groups in total. The summed E-state index contributed by atoms with van der Waals surface area (Å²) < 4.78 is 72.2. The van der Waals surface area contributed by atoms with E-state index in [-0.39, 0.29) is 35.1 Å². The molecule has 0 aliphatic heterocycles. The number of alkyl halides is 3. The Morgan fingerprint density at radius 3 is 2.58 bits per heavy atom. The number of halogens is 5. The molecule has 4 aromatic rings. The zero-order valence-corrected chi connectivity index (χ0v) is 18.6. The zero-order chi connectivity index (χ0) is 25.9. The number of benzene rings is 1. The summed E-state index contributed by atoms with van der Waals surface area (Å²) in [5.41, 5.74) is -0.681. The minimum atomic E-state index is -4.67. The summed E-state index contributed by atoms with van der Waals surface area (Å²) in [7, 11) is 1.40. The van der Waals surface area contributed by atoms with E-state index in [2.05, 4.69) is 25.4 Å². The van der Waals surface area contributed by atoms with Crippen LogP contribution in [0.1, 0.15) is 21.6 Å². The van der Waals surface area contributed by atoms with Gasteiger partial charge in [0, 0.05) is 49.2 Å². The molecule has 0 spiro atoms. The van der Waals surface area contributed by atoms with Gasteiger partial charge in [0.05, 0.1) is 17.4 Å². The van der Waals surface area contributed by atoms with Gasteiger partial charge in [-0.05, 0) is 24.6 Å². The normalized spacial score (nSPS) is 11.4. The number of pyridine rings is 1. The Morgan fingerprint density at radius 2 is 1.89 bits per heavy atom. The number of carbonyl (C=O) groups excluding carboxylic acids is 1. The van der Waals surface area contributed by atoms with Gasteiger partial charge in [-0.25, -0.2) is 18.7 Å². The van der Waals surface area contributed by atoms with Crippen molar-refractivity contribution in [2.24, 2.45) is 0 Å². The van der Waals surface area contributed by atoms with Gasteiger partial charge >= 0.3 is 6.18 Å². The van der Waals surface area contributed by atoms with Crippen molar-refractivity contribution < 1.29 is 31.3 Å². The van der Waals surface area contributed by atoms with Crippen molar-refractivity contribution >= 4 is 17.4 Å². The number of carbonyl (C=O) groups is 1. The van der Waals surface area contributed by atoms with Crippen LogP contribution in [0.2, 0.25) is 0 Å². The first-order valence-electron chi connectivity index (χ1n) is 10.4. The molecule has 8 nitrogen and oxygen atoms in total. The van der Waals surface area contributed by atoms with Gasteiger partial charge in [-0.15, -0.1) is 0 Å². The van der Waals surface area contributed by atoms with Crippen molar-refractivity contribution in [3.05, 3.63) is 83.6 Å². The summed E-state index contributed by atoms with van der Waals surface area (Å²) in [5, 5.41) is 6.21. The SMILES string of the molecule is CN(c1cc(C(=O)NCCc2cnoc2)nc(-c2cncc(C(F)(F)F)c2)n1)c1ccc(F)cc1F. The van der Waals surface area contributed by atoms with Crippen LogP contribution in [0.25, 0.3) is 11.4 Å². The van der Waals surface area contributed by atoms with Crippen LogP contribution in [0.15, 0.2) is 59.7 Å². The highest BCUT2D eigenvalue weighted by Crippen LogP contribution is 2.32. The molecule has 186 valence electrons. The van der Waals surface area contributed by atoms with E-state index >= 15 is 0 Å². The number of aromatic nitrogens is 4. The molecule has 3 heterocycles. The molecule has 1 amide bonds. The highest BCUT2D eigenvalue weighted by molar-refractivity contribution is 5.93. The maximum absolute atomic E-state index is 14.4. The van der Waals surface area contributed by atoms with E-state index in [9.17, 15) is 26.7 Å². The van der Waals surface area contributed by atoms with Crippen LogP contribution >= 0.6 is 0 Å². The van der Waals surface area contributed by atoms with Crippen molar-refractivity contribution in [2.75, 3.05) is 18.5 Å². The van der Waals surface area contributed by atoms with Gasteiger partial charge in [-0.2, -0.15) is 13.2 Å². The van der Waals surface area contributed by atoms with E-state index in [1.807, 2.05) is 0 Å². The summed E-state index contributed by atoms with van der Waals surface area (Å²) in [4.78, 5) is 26.0. The molecule has 0 aliphatic rings. The number of hydrogen-bond donors (Lipinski definition) is 1. The molecule has 13 heteroatoms. The number of hydrogen-bond acceptors (Lipinski definition) is 7. The summed E-state index contributed by atoms with van der Waals surface area (Å²) in [6.07, 6.45) is 0.390. The molecule has 0 atom stereocenters. The van der Waals surface area contributed by atoms with Crippen LogP contribution in [-0.4, -0.2) is 39.6 Å². The molecule has 0 bridgehead atoms. The van der Waals surface area contributed by atoms with E-state index in [1.54, 1.807) is 0 Å². The van der Waals surface area contributed by atoms with E-state index in [1.165, 1.54) is 30.5 Å². The molecule has 0 unspecified atom stereocenters. The maximum Gasteiger partial charge on any atom is 0.417 e. The second-order valence-electron chi connectivity index (χ2n) is 7.59. The molecule has 0 saturated carbocycles. The third kappa shape index (κ3) is 5.62. The molecule has 4 rings (SSSR count). The lowest BCUT2D eigenvalue weighted by Crippen LogP contribution is -2.27. The van der Waals surface area contributed by atoms with Crippen molar-refractivity contribution in [1.29, 1.82) is 0 Å². The van der Waals surface area contributed by atoms with Crippen LogP contribution in [0.5, 0.6) is 0 Å². The lowest BCUT2D eigenvalue weighted by atomic mass is 10.2. The largest absolute Gasteiger partial charge is 0.417 e. The first-order chi connectivity index (χ1) is 17.1. The van der Waals surface area contributed by atoms with Crippen molar-refractivity contribution in [3.63, 3.8) is 0 Å². The van der Waals surface area contributed by atoms with Gasteiger partial charge in [-0.1, -0.05) is 5.16 Å². The third-order valence-corrected chi connectivity index (χ3v) is 5.07. The van der Waals surface area contributed by atoms with Crippen LogP contribution < -0.4 is 10.2 Å². The van der Waals surface area contributed by atoms with E-state index in [0.29, 0.717) is 18.7 Å². The first kappa shape index (κ1) is 24.7. The van der Waals surface area contributed by atoms with Crippen LogP contribution in [-0.2, 0) is 12.6 Å². The standard InChI is InChI=1S/C23H17F5N6O2/c1-34(19-3-2-16(24)7-17(19)25)20-8-18(22(35)30-5-4-13-9-31-36-12-13)32-21(33-20)14-6-15(11-29-10-14)23(26,27)28/h2-3,6-12H,4-5H2,1H3,(H,30,35). The van der Waals surface area contributed by atoms with Crippen LogP contribution in [0.3, 0.4) is 0 Å². The zero-order valence-electron chi connectivity index (χ0n) is 18.6. The first-order valence-corrected chi connectivity index (χ1v) is 10.4. The molecular formula is C23H17F5N6O2. The quantitative estimate of drug-likeness (QED) is 0.369. The van der Waals surface area contributed by atoms with E-state index < -0.39 is 29.3 Å². The number of rotatable bonds is 7. The van der Waals surface area contributed by atoms with Crippen molar-refractivity contribution in [3.8, 4) is 11.4 Å². The topological polar surface area (TPSA) is 97.0 Å². The third-order valence-electron chi connectivity index (χ3n) is 5.07. The lowest BCUT2D eigenvalue weighted by molar-refractivity contribution is -0.137. The fourth-order valence-electron chi connectivity index (χ4n) is 3.21. The molecule has 3 aromatic heterocycles. The highest BCUT2D eigenvalue weighted by atomic mass is 19.4. The smallest absolute Gasteiger partial charge is 0.364 e. The fourth-order valence-corrected chi connectivity index (χ4v) is 3.21. The lowest BCUT2D eigenvalue weighted by Gasteiger charge is -2.20. The Balaban J connectivity index is 1.71. The van der Waals surface area contributed by atoms with E-state index in [4.69, 9.17) is 4.52 Å². The number of nitrogens with one attached hydrogen (secondary N) is 1. The fraction of sp³-hybridized carbons (Fsp3) is 0.174. The minimum absolute atomic E-state index is 0.0212. The Kier molecular flexibility index (Phi) is 6.90. The molecule has 1 aromatic carbocycles. The number of amides is 1. The molecule has 0 fully saturated rings. The van der Waals surface area contributed by atoms with Gasteiger partial charge in [0.25, 0.3) is 5.91 Å². The van der Waals surface area contributed by atoms with Gasteiger partial charge in [-0.3, -0.25) is 9.78 Å². The van der Waals surface area contributed by atoms with Crippen LogP contribution in [0.4, 0.5) is 33.5 Å². The second kappa shape index (κ2) is 10.1. The maximum atomic E-state index is 14.4. The van der Waals surface area contributed by atoms with Crippen molar-refractivity contribution in [2.45, 2.75) is 12.6 Å². The molecular weight excluding hydrogens is 487 g/mol. The molecule has 0 radical (unpaired) electrons. The average Bonchev–Trinajstić information content (AvgIpc) is 3.36. The molecule has 0 saturated heterocycles. The predicted octanol–water partition coefficient (Wildman–Crippen LogP) is 4.56. The summed E-state index contributed by atoms with van der Waals surface area (Å²) in [5.74, 6) is -2.62. The van der Waals surface area contributed by atoms with Gasteiger partial charge in [0.1, 0.15) is 29.4 Å². The molecule has 36 heavy (non-hydrogen) atoms. The van der Waals surface area contributed by atoms with Gasteiger partial charge in [0.15, 0.2) is 5.82 Å². The monoisotopic (exact) mass is 504 g/mol. The minimum Gasteiger partial charge on any atom is -0.364 e. The summed E-state index contributed by atoms with van der Waals surface area (Å²) in [6.45, 7) is 0.183. The Bertz CT molecular complexity index is 1380. The van der Waals surface area contributed by atoms with Crippen LogP contribution in [0, 0.1) is 11.6 Å². The van der Waals surface area contributed by atoms with Gasteiger partial charge in [0.2, 0.25) is 0 Å². The van der Waals surface area contributed by atoms with E-state index in [0.717, 1.165) is 30.0 Å². The Hall–Kier alpha value is -4.42. The average molecular weight is 504 g/mol. The highest BCUT2D eigenvalue weighted by Gasteiger charge is 2.31. The summed E-state index contributed by atoms with van der Waals surface area (Å²) in [6, 6.07) is 4.90. The predicted molar refractivity (Wildman–Crippen MR) is 117 cm³/mol. The van der Waals surface area contributed by atoms with Gasteiger partial charge < -0.3 is 14.7 Å². The van der Waals surface area contributed by atoms with Crippen molar-refractivity contribution in [1.82, 2.24) is 25.4 Å².